The minimum absolute atomic E-state index is 0.000000000000000222. The van der Waals surface area contributed by atoms with E-state index in [1.807, 2.05) is 0 Å². The summed E-state index contributed by atoms with van der Waals surface area (Å²) in [5, 5.41) is 27.9. The van der Waals surface area contributed by atoms with Crippen molar-refractivity contribution in [2.75, 3.05) is 0 Å². The summed E-state index contributed by atoms with van der Waals surface area (Å²) in [6.45, 7) is -0.516. The fourth-order valence-electron chi connectivity index (χ4n) is 0.811. The van der Waals surface area contributed by atoms with Gasteiger partial charge in [0.15, 0.2) is 0 Å². The van der Waals surface area contributed by atoms with Gasteiger partial charge in [0.05, 0.1) is 23.3 Å². The van der Waals surface area contributed by atoms with Gasteiger partial charge < -0.3 is 10.2 Å². The van der Waals surface area contributed by atoms with E-state index in [2.05, 4.69) is 4.98 Å². The standard InChI is InChI=1S/C6H6N2O4/c9-3-4-1-7-2-5(10)6(4)8(11)12/h1-2,9-10H,3H2. The van der Waals surface area contributed by atoms with Crippen molar-refractivity contribution in [2.24, 2.45) is 0 Å². The molecular formula is C6H6N2O4. The van der Waals surface area contributed by atoms with Gasteiger partial charge in [-0.3, -0.25) is 15.1 Å². The monoisotopic (exact) mass is 170 g/mol. The Morgan fingerprint density at radius 1 is 1.58 bits per heavy atom. The third kappa shape index (κ3) is 1.32. The number of aliphatic hydroxyl groups is 1. The zero-order valence-electron chi connectivity index (χ0n) is 5.97. The number of hydrogen-bond donors (Lipinski definition) is 2. The highest BCUT2D eigenvalue weighted by Gasteiger charge is 2.18. The smallest absolute Gasteiger partial charge is 0.319 e. The van der Waals surface area contributed by atoms with Crippen LogP contribution in [0.25, 0.3) is 0 Å². The van der Waals surface area contributed by atoms with Gasteiger partial charge in [-0.15, -0.1) is 0 Å². The van der Waals surface area contributed by atoms with Crippen LogP contribution in [0.3, 0.4) is 0 Å². The Bertz CT molecular complexity index is 312. The molecule has 64 valence electrons. The molecule has 6 heteroatoms. The second-order valence-electron chi connectivity index (χ2n) is 2.08. The molecule has 0 bridgehead atoms. The molecule has 2 N–H and O–H groups in total. The SMILES string of the molecule is O=[N+]([O-])c1c(O)cncc1CO. The molecule has 0 amide bonds. The molecule has 0 fully saturated rings. The predicted molar refractivity (Wildman–Crippen MR) is 38.5 cm³/mol. The number of nitrogens with zero attached hydrogens (tertiary/aromatic N) is 2. The van der Waals surface area contributed by atoms with Gasteiger partial charge in [0.25, 0.3) is 0 Å². The third-order valence-electron chi connectivity index (χ3n) is 1.33. The van der Waals surface area contributed by atoms with Gasteiger partial charge in [-0.25, -0.2) is 0 Å². The van der Waals surface area contributed by atoms with Gasteiger partial charge in [0.2, 0.25) is 5.75 Å². The van der Waals surface area contributed by atoms with Crippen LogP contribution < -0.4 is 0 Å². The summed E-state index contributed by atoms with van der Waals surface area (Å²) in [5.41, 5.74) is -0.493. The summed E-state index contributed by atoms with van der Waals surface area (Å²) < 4.78 is 0. The van der Waals surface area contributed by atoms with Crippen LogP contribution in [-0.2, 0) is 6.61 Å². The molecule has 0 aromatic carbocycles. The fourth-order valence-corrected chi connectivity index (χ4v) is 0.811. The zero-order valence-corrected chi connectivity index (χ0v) is 5.97. The number of aromatic nitrogens is 1. The number of rotatable bonds is 2. The van der Waals surface area contributed by atoms with Gasteiger partial charge in [0.1, 0.15) is 0 Å². The molecule has 0 unspecified atom stereocenters. The summed E-state index contributed by atoms with van der Waals surface area (Å²) in [4.78, 5) is 13.0. The van der Waals surface area contributed by atoms with Crippen LogP contribution in [0.15, 0.2) is 12.4 Å². The first-order valence-corrected chi connectivity index (χ1v) is 3.08. The first kappa shape index (κ1) is 8.41. The van der Waals surface area contributed by atoms with E-state index in [0.29, 0.717) is 0 Å². The van der Waals surface area contributed by atoms with Crippen LogP contribution in [0, 0.1) is 10.1 Å². The number of aromatic hydroxyl groups is 1. The van der Waals surface area contributed by atoms with Gasteiger partial charge in [-0.05, 0) is 0 Å². The fraction of sp³-hybridized carbons (Fsp3) is 0.167. The van der Waals surface area contributed by atoms with Crippen molar-refractivity contribution in [3.63, 3.8) is 0 Å². The molecule has 1 rings (SSSR count). The Morgan fingerprint density at radius 2 is 2.25 bits per heavy atom. The van der Waals surface area contributed by atoms with Crippen LogP contribution in [0.2, 0.25) is 0 Å². The average molecular weight is 170 g/mol. The van der Waals surface area contributed by atoms with Crippen LogP contribution in [-0.4, -0.2) is 20.1 Å². The van der Waals surface area contributed by atoms with Crippen molar-refractivity contribution < 1.29 is 15.1 Å². The Kier molecular flexibility index (Phi) is 2.20. The molecule has 1 heterocycles. The molecule has 0 spiro atoms. The average Bonchev–Trinajstić information content (AvgIpc) is 2.03. The van der Waals surface area contributed by atoms with Crippen LogP contribution in [0.5, 0.6) is 5.75 Å². The second-order valence-corrected chi connectivity index (χ2v) is 2.08. The third-order valence-corrected chi connectivity index (χ3v) is 1.33. The van der Waals surface area contributed by atoms with Crippen molar-refractivity contribution in [2.45, 2.75) is 6.61 Å². The molecule has 0 saturated heterocycles. The highest BCUT2D eigenvalue weighted by atomic mass is 16.6. The number of hydrogen-bond acceptors (Lipinski definition) is 5. The van der Waals surface area contributed by atoms with E-state index in [1.165, 1.54) is 0 Å². The summed E-state index contributed by atoms with van der Waals surface area (Å²) in [6.07, 6.45) is 2.09. The normalized spacial score (nSPS) is 9.75. The van der Waals surface area contributed by atoms with Gasteiger partial charge in [0, 0.05) is 6.20 Å². The minimum atomic E-state index is -0.761. The Balaban J connectivity index is 3.29. The van der Waals surface area contributed by atoms with Crippen LogP contribution >= 0.6 is 0 Å². The van der Waals surface area contributed by atoms with E-state index in [4.69, 9.17) is 10.2 Å². The van der Waals surface area contributed by atoms with E-state index in [-0.39, 0.29) is 5.56 Å². The van der Waals surface area contributed by atoms with E-state index in [9.17, 15) is 10.1 Å². The van der Waals surface area contributed by atoms with Crippen molar-refractivity contribution in [1.29, 1.82) is 0 Å². The number of nitro groups is 1. The highest BCUT2D eigenvalue weighted by Crippen LogP contribution is 2.27. The lowest BCUT2D eigenvalue weighted by molar-refractivity contribution is -0.386. The highest BCUT2D eigenvalue weighted by molar-refractivity contribution is 5.49. The van der Waals surface area contributed by atoms with Crippen LogP contribution in [0.1, 0.15) is 5.56 Å². The largest absolute Gasteiger partial charge is 0.501 e. The zero-order chi connectivity index (χ0) is 9.14. The summed E-state index contributed by atoms with van der Waals surface area (Å²) in [5.74, 6) is -0.536. The lowest BCUT2D eigenvalue weighted by Crippen LogP contribution is -1.96. The molecule has 0 aliphatic rings. The molecule has 0 aliphatic carbocycles. The molecule has 0 atom stereocenters. The first-order chi connectivity index (χ1) is 5.66. The van der Waals surface area contributed by atoms with E-state index >= 15 is 0 Å². The minimum Gasteiger partial charge on any atom is -0.501 e. The summed E-state index contributed by atoms with van der Waals surface area (Å²) >= 11 is 0. The molecule has 0 aliphatic heterocycles. The van der Waals surface area contributed by atoms with E-state index < -0.39 is 23.0 Å². The van der Waals surface area contributed by atoms with E-state index in [0.717, 1.165) is 12.4 Å². The molecule has 0 saturated carbocycles. The second kappa shape index (κ2) is 3.14. The Hall–Kier alpha value is -1.69. The lowest BCUT2D eigenvalue weighted by Gasteiger charge is -1.98. The molecule has 1 aromatic rings. The van der Waals surface area contributed by atoms with Gasteiger partial charge >= 0.3 is 5.69 Å². The lowest BCUT2D eigenvalue weighted by atomic mass is 10.2. The van der Waals surface area contributed by atoms with Crippen molar-refractivity contribution in [1.82, 2.24) is 4.98 Å². The molecule has 12 heavy (non-hydrogen) atoms. The quantitative estimate of drug-likeness (QED) is 0.487. The van der Waals surface area contributed by atoms with Crippen molar-refractivity contribution in [3.8, 4) is 5.75 Å². The van der Waals surface area contributed by atoms with Crippen molar-refractivity contribution in [3.05, 3.63) is 28.1 Å². The number of pyridine rings is 1. The first-order valence-electron chi connectivity index (χ1n) is 3.08. The van der Waals surface area contributed by atoms with E-state index in [1.54, 1.807) is 0 Å². The Morgan fingerprint density at radius 3 is 2.67 bits per heavy atom. The molecule has 1 aromatic heterocycles. The van der Waals surface area contributed by atoms with Gasteiger partial charge in [-0.1, -0.05) is 0 Å². The Labute approximate surface area is 67.3 Å². The molecular weight excluding hydrogens is 164 g/mol. The van der Waals surface area contributed by atoms with Crippen molar-refractivity contribution >= 4 is 5.69 Å². The predicted octanol–water partition coefficient (Wildman–Crippen LogP) is 0.188. The van der Waals surface area contributed by atoms with Gasteiger partial charge in [-0.2, -0.15) is 0 Å². The maximum atomic E-state index is 10.3. The van der Waals surface area contributed by atoms with Crippen LogP contribution in [0.4, 0.5) is 5.69 Å². The molecule has 0 radical (unpaired) electrons. The topological polar surface area (TPSA) is 96.5 Å². The maximum absolute atomic E-state index is 10.3. The summed E-state index contributed by atoms with van der Waals surface area (Å²) in [6, 6.07) is 0. The number of aliphatic hydroxyl groups excluding tert-OH is 1. The maximum Gasteiger partial charge on any atom is 0.319 e. The molecule has 6 nitrogen and oxygen atoms in total. The summed E-state index contributed by atoms with van der Waals surface area (Å²) in [7, 11) is 0.